The molecule has 0 spiro atoms. The third-order valence-electron chi connectivity index (χ3n) is 4.73. The van der Waals surface area contributed by atoms with Crippen LogP contribution in [0, 0.1) is 0 Å². The first-order valence-electron chi connectivity index (χ1n) is 10.3. The second-order valence-corrected chi connectivity index (χ2v) is 11.0. The van der Waals surface area contributed by atoms with Crippen molar-refractivity contribution in [2.75, 3.05) is 25.4 Å². The van der Waals surface area contributed by atoms with E-state index in [-0.39, 0.29) is 11.9 Å². The molecule has 1 atom stereocenters. The van der Waals surface area contributed by atoms with Gasteiger partial charge in [0.1, 0.15) is 17.6 Å². The van der Waals surface area contributed by atoms with Gasteiger partial charge in [-0.2, -0.15) is 0 Å². The zero-order valence-corrected chi connectivity index (χ0v) is 19.3. The largest absolute Gasteiger partial charge is 0.494 e. The maximum Gasteiger partial charge on any atom is 0.191 e. The van der Waals surface area contributed by atoms with Gasteiger partial charge in [0.2, 0.25) is 0 Å². The van der Waals surface area contributed by atoms with Gasteiger partial charge < -0.3 is 20.1 Å². The summed E-state index contributed by atoms with van der Waals surface area (Å²) >= 11 is 0. The molecule has 2 rings (SSSR count). The Bertz CT molecular complexity index is 829. The molecule has 1 heterocycles. The van der Waals surface area contributed by atoms with Crippen molar-refractivity contribution in [3.05, 3.63) is 23.3 Å². The van der Waals surface area contributed by atoms with Gasteiger partial charge in [0.05, 0.1) is 23.7 Å². The smallest absolute Gasteiger partial charge is 0.191 e. The van der Waals surface area contributed by atoms with E-state index in [9.17, 15) is 8.42 Å². The molecule has 0 aliphatic carbocycles. The van der Waals surface area contributed by atoms with Crippen molar-refractivity contribution < 1.29 is 17.9 Å². The Morgan fingerprint density at radius 2 is 2.00 bits per heavy atom. The first-order chi connectivity index (χ1) is 13.6. The molecule has 1 aliphatic rings. The summed E-state index contributed by atoms with van der Waals surface area (Å²) in [4.78, 5) is 4.62. The summed E-state index contributed by atoms with van der Waals surface area (Å²) < 4.78 is 35.5. The van der Waals surface area contributed by atoms with Gasteiger partial charge in [0.25, 0.3) is 0 Å². The number of aliphatic imine (C=N–C) groups is 1. The predicted octanol–water partition coefficient (Wildman–Crippen LogP) is 2.68. The normalized spacial score (nSPS) is 16.9. The fourth-order valence-corrected chi connectivity index (χ4v) is 3.99. The minimum Gasteiger partial charge on any atom is -0.494 e. The maximum absolute atomic E-state index is 12.3. The molecule has 0 amide bonds. The van der Waals surface area contributed by atoms with Crippen LogP contribution in [0.4, 0.5) is 0 Å². The number of nitrogens with one attached hydrogen (secondary N) is 2. The third-order valence-corrected chi connectivity index (χ3v) is 7.33. The Balaban J connectivity index is 2.11. The average molecular weight is 426 g/mol. The van der Waals surface area contributed by atoms with E-state index in [0.717, 1.165) is 29.0 Å². The SMILES string of the molecule is CCNC(=NCc1cc2c(cc1OCC)CC(C)O2)NCCS(=O)(=O)C(C)(C)C. The van der Waals surface area contributed by atoms with E-state index in [2.05, 4.69) is 22.5 Å². The van der Waals surface area contributed by atoms with E-state index >= 15 is 0 Å². The number of hydrogen-bond acceptors (Lipinski definition) is 5. The Morgan fingerprint density at radius 3 is 2.62 bits per heavy atom. The number of benzene rings is 1. The minimum atomic E-state index is -3.18. The lowest BCUT2D eigenvalue weighted by Gasteiger charge is -2.20. The lowest BCUT2D eigenvalue weighted by atomic mass is 10.1. The molecular formula is C21H35N3O4S. The molecule has 8 heteroatoms. The highest BCUT2D eigenvalue weighted by molar-refractivity contribution is 7.92. The van der Waals surface area contributed by atoms with Crippen molar-refractivity contribution in [1.82, 2.24) is 10.6 Å². The van der Waals surface area contributed by atoms with E-state index < -0.39 is 14.6 Å². The molecule has 0 fully saturated rings. The highest BCUT2D eigenvalue weighted by atomic mass is 32.2. The molecule has 7 nitrogen and oxygen atoms in total. The van der Waals surface area contributed by atoms with Crippen LogP contribution in [-0.2, 0) is 22.8 Å². The summed E-state index contributed by atoms with van der Waals surface area (Å²) in [6.45, 7) is 13.1. The number of rotatable bonds is 8. The summed E-state index contributed by atoms with van der Waals surface area (Å²) in [6, 6.07) is 4.05. The van der Waals surface area contributed by atoms with Crippen LogP contribution < -0.4 is 20.1 Å². The molecule has 164 valence electrons. The zero-order chi connectivity index (χ0) is 21.7. The fraction of sp³-hybridized carbons (Fsp3) is 0.667. The molecule has 29 heavy (non-hydrogen) atoms. The fourth-order valence-electron chi connectivity index (χ4n) is 3.01. The van der Waals surface area contributed by atoms with E-state index in [1.807, 2.05) is 26.0 Å². The van der Waals surface area contributed by atoms with Crippen LogP contribution in [0.2, 0.25) is 0 Å². The molecule has 0 saturated heterocycles. The van der Waals surface area contributed by atoms with Crippen LogP contribution in [0.5, 0.6) is 11.5 Å². The standard InChI is InChI=1S/C21H35N3O4S/c1-7-22-20(23-9-10-29(25,26)21(4,5)6)24-14-17-13-19-16(11-15(3)28-19)12-18(17)27-8-2/h12-13,15H,7-11,14H2,1-6H3,(H2,22,23,24). The molecule has 1 aromatic carbocycles. The molecule has 0 saturated carbocycles. The van der Waals surface area contributed by atoms with Gasteiger partial charge in [-0.15, -0.1) is 0 Å². The number of hydrogen-bond donors (Lipinski definition) is 2. The Labute approximate surface area is 175 Å². The van der Waals surface area contributed by atoms with Gasteiger partial charge in [-0.1, -0.05) is 0 Å². The van der Waals surface area contributed by atoms with Crippen molar-refractivity contribution in [2.45, 2.75) is 65.4 Å². The number of nitrogens with zero attached hydrogens (tertiary/aromatic N) is 1. The topological polar surface area (TPSA) is 89.0 Å². The summed E-state index contributed by atoms with van der Waals surface area (Å²) in [5, 5.41) is 6.28. The predicted molar refractivity (Wildman–Crippen MR) is 118 cm³/mol. The van der Waals surface area contributed by atoms with E-state index in [1.165, 1.54) is 0 Å². The van der Waals surface area contributed by atoms with E-state index in [0.29, 0.717) is 32.2 Å². The molecule has 1 aliphatic heterocycles. The number of sulfone groups is 1. The van der Waals surface area contributed by atoms with Crippen LogP contribution in [0.1, 0.15) is 52.7 Å². The van der Waals surface area contributed by atoms with Crippen molar-refractivity contribution in [3.63, 3.8) is 0 Å². The Hall–Kier alpha value is -1.96. The summed E-state index contributed by atoms with van der Waals surface area (Å²) in [5.74, 6) is 2.34. The van der Waals surface area contributed by atoms with Crippen molar-refractivity contribution >= 4 is 15.8 Å². The van der Waals surface area contributed by atoms with Crippen LogP contribution in [0.15, 0.2) is 17.1 Å². The first-order valence-corrected chi connectivity index (χ1v) is 11.9. The zero-order valence-electron chi connectivity index (χ0n) is 18.5. The molecule has 0 aromatic heterocycles. The molecule has 0 radical (unpaired) electrons. The van der Waals surface area contributed by atoms with E-state index in [1.54, 1.807) is 20.8 Å². The minimum absolute atomic E-state index is 0.0513. The van der Waals surface area contributed by atoms with Crippen LogP contribution in [0.25, 0.3) is 0 Å². The first kappa shape index (κ1) is 23.3. The quantitative estimate of drug-likeness (QED) is 0.492. The number of ether oxygens (including phenoxy) is 2. The molecule has 0 bridgehead atoms. The monoisotopic (exact) mass is 425 g/mol. The number of guanidine groups is 1. The van der Waals surface area contributed by atoms with Crippen molar-refractivity contribution in [3.8, 4) is 11.5 Å². The molecule has 1 unspecified atom stereocenters. The number of fused-ring (bicyclic) bond motifs is 1. The summed E-state index contributed by atoms with van der Waals surface area (Å²) in [5.41, 5.74) is 2.10. The van der Waals surface area contributed by atoms with Gasteiger partial charge in [0, 0.05) is 30.6 Å². The maximum atomic E-state index is 12.3. The second kappa shape index (κ2) is 9.69. The van der Waals surface area contributed by atoms with Gasteiger partial charge in [-0.3, -0.25) is 0 Å². The molecular weight excluding hydrogens is 390 g/mol. The van der Waals surface area contributed by atoms with Crippen LogP contribution in [0.3, 0.4) is 0 Å². The highest BCUT2D eigenvalue weighted by Gasteiger charge is 2.28. The second-order valence-electron chi connectivity index (χ2n) is 8.19. The van der Waals surface area contributed by atoms with Crippen LogP contribution in [-0.4, -0.2) is 50.7 Å². The van der Waals surface area contributed by atoms with Gasteiger partial charge in [-0.05, 0) is 53.7 Å². The lowest BCUT2D eigenvalue weighted by Crippen LogP contribution is -2.41. The Kier molecular flexibility index (Phi) is 7.80. The third kappa shape index (κ3) is 6.26. The van der Waals surface area contributed by atoms with Crippen molar-refractivity contribution in [1.29, 1.82) is 0 Å². The average Bonchev–Trinajstić information content (AvgIpc) is 2.97. The summed E-state index contributed by atoms with van der Waals surface area (Å²) in [6.07, 6.45) is 1.05. The highest BCUT2D eigenvalue weighted by Crippen LogP contribution is 2.35. The van der Waals surface area contributed by atoms with Gasteiger partial charge in [-0.25, -0.2) is 13.4 Å². The Morgan fingerprint density at radius 1 is 1.28 bits per heavy atom. The molecule has 1 aromatic rings. The van der Waals surface area contributed by atoms with E-state index in [4.69, 9.17) is 9.47 Å². The molecule has 2 N–H and O–H groups in total. The van der Waals surface area contributed by atoms with Crippen molar-refractivity contribution in [2.24, 2.45) is 4.99 Å². The van der Waals surface area contributed by atoms with Gasteiger partial charge in [0.15, 0.2) is 15.8 Å². The van der Waals surface area contributed by atoms with Gasteiger partial charge >= 0.3 is 0 Å². The summed E-state index contributed by atoms with van der Waals surface area (Å²) in [7, 11) is -3.18. The lowest BCUT2D eigenvalue weighted by molar-refractivity contribution is 0.254. The van der Waals surface area contributed by atoms with Crippen LogP contribution >= 0.6 is 0 Å².